The molecule has 0 saturated carbocycles. The Kier molecular flexibility index (Phi) is 5.16. The van der Waals surface area contributed by atoms with E-state index in [0.717, 1.165) is 5.56 Å². The van der Waals surface area contributed by atoms with E-state index >= 15 is 0 Å². The Hall–Kier alpha value is -3.29. The van der Waals surface area contributed by atoms with Crippen molar-refractivity contribution in [3.8, 4) is 28.1 Å². The van der Waals surface area contributed by atoms with Gasteiger partial charge in [0.15, 0.2) is 0 Å². The van der Waals surface area contributed by atoms with Crippen LogP contribution in [0, 0.1) is 0 Å². The van der Waals surface area contributed by atoms with E-state index in [9.17, 15) is 13.6 Å². The molecule has 6 nitrogen and oxygen atoms in total. The Morgan fingerprint density at radius 2 is 1.93 bits per heavy atom. The van der Waals surface area contributed by atoms with E-state index < -0.39 is 18.1 Å². The molecule has 0 atom stereocenters. The van der Waals surface area contributed by atoms with Crippen LogP contribution >= 0.6 is 0 Å². The van der Waals surface area contributed by atoms with Crippen LogP contribution in [-0.4, -0.2) is 35.0 Å². The summed E-state index contributed by atoms with van der Waals surface area (Å²) in [7, 11) is 4.45. The first-order valence-corrected chi connectivity index (χ1v) is 7.99. The predicted octanol–water partition coefficient (Wildman–Crippen LogP) is 3.88. The number of hydrogen-bond donors (Lipinski definition) is 0. The first-order valence-electron chi connectivity index (χ1n) is 7.99. The van der Waals surface area contributed by atoms with Crippen molar-refractivity contribution < 1.29 is 23.0 Å². The Morgan fingerprint density at radius 3 is 2.52 bits per heavy atom. The van der Waals surface area contributed by atoms with Gasteiger partial charge in [-0.3, -0.25) is 9.67 Å². The lowest BCUT2D eigenvalue weighted by atomic mass is 9.95. The van der Waals surface area contributed by atoms with Crippen LogP contribution in [0.1, 0.15) is 22.5 Å². The fourth-order valence-corrected chi connectivity index (χ4v) is 2.73. The maximum absolute atomic E-state index is 13.2. The molecule has 0 saturated heterocycles. The number of hydrogen-bond acceptors (Lipinski definition) is 5. The number of esters is 1. The lowest BCUT2D eigenvalue weighted by molar-refractivity contribution is 0.0601. The van der Waals surface area contributed by atoms with Gasteiger partial charge in [0.2, 0.25) is 0 Å². The van der Waals surface area contributed by atoms with E-state index in [4.69, 9.17) is 9.47 Å². The van der Waals surface area contributed by atoms with Crippen molar-refractivity contribution in [1.29, 1.82) is 0 Å². The number of methoxy groups -OCH3 is 2. The number of ether oxygens (including phenoxy) is 2. The molecule has 0 amide bonds. The molecular weight excluding hydrogens is 356 g/mol. The van der Waals surface area contributed by atoms with E-state index in [1.165, 1.54) is 26.5 Å². The van der Waals surface area contributed by atoms with Gasteiger partial charge in [0.1, 0.15) is 11.4 Å². The standard InChI is InChI=1S/C19H17F2N3O3/c1-24-7-6-15(23-24)11-4-5-12(19(25)27-3)13(8-11)14-9-16(18(20)21)22-10-17(14)26-2/h4-10,18H,1-3H3. The highest BCUT2D eigenvalue weighted by Crippen LogP contribution is 2.36. The highest BCUT2D eigenvalue weighted by atomic mass is 19.3. The largest absolute Gasteiger partial charge is 0.494 e. The number of aryl methyl sites for hydroxylation is 1. The van der Waals surface area contributed by atoms with Gasteiger partial charge < -0.3 is 9.47 Å². The summed E-state index contributed by atoms with van der Waals surface area (Å²) in [6, 6.07) is 8.02. The van der Waals surface area contributed by atoms with Crippen LogP contribution in [0.15, 0.2) is 42.7 Å². The van der Waals surface area contributed by atoms with Crippen LogP contribution in [-0.2, 0) is 11.8 Å². The van der Waals surface area contributed by atoms with E-state index in [1.54, 1.807) is 36.1 Å². The maximum atomic E-state index is 13.2. The summed E-state index contributed by atoms with van der Waals surface area (Å²) >= 11 is 0. The Morgan fingerprint density at radius 1 is 1.15 bits per heavy atom. The molecule has 2 aromatic heterocycles. The first kappa shape index (κ1) is 18.5. The van der Waals surface area contributed by atoms with Crippen molar-refractivity contribution in [2.75, 3.05) is 14.2 Å². The minimum atomic E-state index is -2.75. The van der Waals surface area contributed by atoms with Crippen molar-refractivity contribution >= 4 is 5.97 Å². The average Bonchev–Trinajstić information content (AvgIpc) is 3.12. The number of pyridine rings is 1. The van der Waals surface area contributed by atoms with Crippen LogP contribution in [0.5, 0.6) is 5.75 Å². The number of carbonyl (C=O) groups is 1. The summed E-state index contributed by atoms with van der Waals surface area (Å²) < 4.78 is 38.1. The summed E-state index contributed by atoms with van der Waals surface area (Å²) in [4.78, 5) is 15.9. The number of rotatable bonds is 5. The zero-order chi connectivity index (χ0) is 19.6. The number of halogens is 2. The zero-order valence-electron chi connectivity index (χ0n) is 14.9. The molecule has 27 heavy (non-hydrogen) atoms. The molecule has 0 fully saturated rings. The van der Waals surface area contributed by atoms with E-state index in [1.807, 2.05) is 6.07 Å². The third kappa shape index (κ3) is 3.64. The lowest BCUT2D eigenvalue weighted by Gasteiger charge is -2.14. The molecule has 0 N–H and O–H groups in total. The molecule has 8 heteroatoms. The molecule has 0 aliphatic rings. The monoisotopic (exact) mass is 373 g/mol. The van der Waals surface area contributed by atoms with Crippen molar-refractivity contribution in [1.82, 2.24) is 14.8 Å². The molecule has 0 unspecified atom stereocenters. The summed E-state index contributed by atoms with van der Waals surface area (Å²) in [5.74, 6) is -0.322. The minimum absolute atomic E-state index is 0.224. The summed E-state index contributed by atoms with van der Waals surface area (Å²) in [5.41, 5.74) is 1.92. The SMILES string of the molecule is COC(=O)c1ccc(-c2ccn(C)n2)cc1-c1cc(C(F)F)ncc1OC. The highest BCUT2D eigenvalue weighted by molar-refractivity contribution is 5.99. The molecule has 0 aliphatic carbocycles. The van der Waals surface area contributed by atoms with E-state index in [0.29, 0.717) is 16.8 Å². The van der Waals surface area contributed by atoms with Crippen molar-refractivity contribution in [3.05, 3.63) is 54.0 Å². The van der Waals surface area contributed by atoms with Crippen LogP contribution in [0.2, 0.25) is 0 Å². The molecule has 0 bridgehead atoms. The summed E-state index contributed by atoms with van der Waals surface area (Å²) in [6.45, 7) is 0. The van der Waals surface area contributed by atoms with Crippen molar-refractivity contribution in [2.45, 2.75) is 6.43 Å². The Balaban J connectivity index is 2.25. The normalized spacial score (nSPS) is 10.9. The Labute approximate surface area is 154 Å². The number of alkyl halides is 2. The van der Waals surface area contributed by atoms with E-state index in [2.05, 4.69) is 10.1 Å². The molecule has 0 aliphatic heterocycles. The second kappa shape index (κ2) is 7.53. The van der Waals surface area contributed by atoms with E-state index in [-0.39, 0.29) is 11.3 Å². The average molecular weight is 373 g/mol. The number of benzene rings is 1. The van der Waals surface area contributed by atoms with Gasteiger partial charge in [-0.1, -0.05) is 6.07 Å². The molecular formula is C19H17F2N3O3. The van der Waals surface area contributed by atoms with Crippen molar-refractivity contribution in [3.63, 3.8) is 0 Å². The maximum Gasteiger partial charge on any atom is 0.338 e. The Bertz CT molecular complexity index is 986. The zero-order valence-corrected chi connectivity index (χ0v) is 14.9. The van der Waals surface area contributed by atoms with Gasteiger partial charge in [-0.2, -0.15) is 5.10 Å². The minimum Gasteiger partial charge on any atom is -0.494 e. The molecule has 3 aromatic rings. The number of nitrogens with zero attached hydrogens (tertiary/aromatic N) is 3. The van der Waals surface area contributed by atoms with Crippen LogP contribution in [0.25, 0.3) is 22.4 Å². The third-order valence-corrected chi connectivity index (χ3v) is 4.06. The third-order valence-electron chi connectivity index (χ3n) is 4.06. The van der Waals surface area contributed by atoms with Gasteiger partial charge >= 0.3 is 5.97 Å². The molecule has 3 rings (SSSR count). The van der Waals surface area contributed by atoms with Crippen LogP contribution in [0.3, 0.4) is 0 Å². The van der Waals surface area contributed by atoms with Gasteiger partial charge in [0, 0.05) is 29.9 Å². The molecule has 1 aromatic carbocycles. The van der Waals surface area contributed by atoms with Gasteiger partial charge in [0.05, 0.1) is 31.7 Å². The topological polar surface area (TPSA) is 66.2 Å². The molecule has 140 valence electrons. The molecule has 0 radical (unpaired) electrons. The van der Waals surface area contributed by atoms with Gasteiger partial charge in [-0.15, -0.1) is 0 Å². The van der Waals surface area contributed by atoms with Crippen LogP contribution < -0.4 is 4.74 Å². The summed E-state index contributed by atoms with van der Waals surface area (Å²) in [6.07, 6.45) is 0.242. The smallest absolute Gasteiger partial charge is 0.338 e. The van der Waals surface area contributed by atoms with Gasteiger partial charge in [-0.25, -0.2) is 13.6 Å². The first-order chi connectivity index (χ1) is 12.9. The second-order valence-electron chi connectivity index (χ2n) is 5.74. The molecule has 2 heterocycles. The lowest BCUT2D eigenvalue weighted by Crippen LogP contribution is -2.05. The molecule has 0 spiro atoms. The van der Waals surface area contributed by atoms with Gasteiger partial charge in [0.25, 0.3) is 6.43 Å². The van der Waals surface area contributed by atoms with Crippen LogP contribution in [0.4, 0.5) is 8.78 Å². The highest BCUT2D eigenvalue weighted by Gasteiger charge is 2.21. The van der Waals surface area contributed by atoms with Crippen molar-refractivity contribution in [2.24, 2.45) is 7.05 Å². The fraction of sp³-hybridized carbons (Fsp3) is 0.211. The quantitative estimate of drug-likeness (QED) is 0.635. The number of carbonyl (C=O) groups excluding carboxylic acids is 1. The van der Waals surface area contributed by atoms with Gasteiger partial charge in [-0.05, 0) is 24.3 Å². The predicted molar refractivity (Wildman–Crippen MR) is 94.7 cm³/mol. The fourth-order valence-electron chi connectivity index (χ4n) is 2.73. The summed E-state index contributed by atoms with van der Waals surface area (Å²) in [5, 5.41) is 4.34. The second-order valence-corrected chi connectivity index (χ2v) is 5.74. The number of aromatic nitrogens is 3.